The minimum absolute atomic E-state index is 0.101. The van der Waals surface area contributed by atoms with Gasteiger partial charge in [0.25, 0.3) is 0 Å². The molecule has 1 atom stereocenters. The van der Waals surface area contributed by atoms with Crippen LogP contribution < -0.4 is 4.18 Å². The van der Waals surface area contributed by atoms with Gasteiger partial charge in [0.2, 0.25) is 0 Å². The van der Waals surface area contributed by atoms with Crippen molar-refractivity contribution in [2.75, 3.05) is 7.11 Å². The monoisotopic (exact) mass is 433 g/mol. The van der Waals surface area contributed by atoms with E-state index in [4.69, 9.17) is 9.44 Å². The van der Waals surface area contributed by atoms with E-state index in [-0.39, 0.29) is 17.1 Å². The number of nitrogens with one attached hydrogen (secondary N) is 1. The Morgan fingerprint density at radius 1 is 1.17 bits per heavy atom. The molecule has 4 rings (SSSR count). The second-order valence-corrected chi connectivity index (χ2v) is 8.77. The summed E-state index contributed by atoms with van der Waals surface area (Å²) in [5, 5.41) is 9.80. The maximum Gasteiger partial charge on any atom is 0.654 e. The first-order chi connectivity index (χ1) is 14.1. The van der Waals surface area contributed by atoms with Gasteiger partial charge in [-0.1, -0.05) is 26.0 Å². The number of alkyl halides is 3. The lowest BCUT2D eigenvalue weighted by atomic mass is 9.71. The van der Waals surface area contributed by atoms with Gasteiger partial charge in [-0.25, -0.2) is 4.18 Å². The van der Waals surface area contributed by atoms with Gasteiger partial charge in [-0.3, -0.25) is 4.79 Å². The molecule has 0 saturated heterocycles. The van der Waals surface area contributed by atoms with E-state index in [1.54, 1.807) is 24.3 Å². The van der Waals surface area contributed by atoms with Gasteiger partial charge < -0.3 is 4.98 Å². The Balaban J connectivity index is 1.85. The molecule has 154 valence electrons. The van der Waals surface area contributed by atoms with E-state index in [1.807, 2.05) is 13.8 Å². The number of hydrogen-bond donors (Lipinski definition) is 1. The lowest BCUT2D eigenvalue weighted by Crippen LogP contribution is -2.31. The molecule has 9 heteroatoms. The minimum atomic E-state index is -4.68. The Morgan fingerprint density at radius 2 is 1.90 bits per heavy atom. The normalized spacial score (nSPS) is 16.0. The third kappa shape index (κ3) is 3.04. The van der Waals surface area contributed by atoms with Crippen LogP contribution in [0.5, 0.6) is 5.75 Å². The van der Waals surface area contributed by atoms with E-state index >= 15 is 0 Å². The molecule has 5 nitrogen and oxygen atoms in total. The van der Waals surface area contributed by atoms with Crippen molar-refractivity contribution < 1.29 is 26.3 Å². The SMILES string of the molecule is CO[S+](Oc1ccc2c(c1)C(=O)c1c([nH]c3cc(C#N)ccc13)C2(C)C)C(F)(F)F. The van der Waals surface area contributed by atoms with Crippen LogP contribution in [0, 0.1) is 11.3 Å². The number of carbonyl (C=O) groups is 1. The van der Waals surface area contributed by atoms with E-state index in [0.29, 0.717) is 33.3 Å². The summed E-state index contributed by atoms with van der Waals surface area (Å²) in [5.74, 6) is -0.416. The maximum atomic E-state index is 13.3. The van der Waals surface area contributed by atoms with Gasteiger partial charge in [-0.15, -0.1) is 17.4 Å². The number of benzene rings is 2. The Labute approximate surface area is 173 Å². The zero-order valence-electron chi connectivity index (χ0n) is 16.2. The maximum absolute atomic E-state index is 13.3. The van der Waals surface area contributed by atoms with Gasteiger partial charge in [-0.2, -0.15) is 5.26 Å². The number of nitrogens with zero attached hydrogens (tertiary/aromatic N) is 1. The van der Waals surface area contributed by atoms with Crippen molar-refractivity contribution in [3.8, 4) is 11.8 Å². The second kappa shape index (κ2) is 6.79. The highest BCUT2D eigenvalue weighted by Gasteiger charge is 2.59. The molecular formula is C21H16F3N2O3S+. The third-order valence-corrected chi connectivity index (χ3v) is 6.23. The fourth-order valence-electron chi connectivity index (χ4n) is 3.81. The molecule has 1 aliphatic rings. The predicted molar refractivity (Wildman–Crippen MR) is 106 cm³/mol. The average molecular weight is 433 g/mol. The fourth-order valence-corrected chi connectivity index (χ4v) is 4.44. The first-order valence-electron chi connectivity index (χ1n) is 8.87. The van der Waals surface area contributed by atoms with Crippen molar-refractivity contribution in [1.82, 2.24) is 4.98 Å². The van der Waals surface area contributed by atoms with Gasteiger partial charge in [0.15, 0.2) is 11.5 Å². The Bertz CT molecular complexity index is 1220. The molecule has 0 aliphatic heterocycles. The third-order valence-electron chi connectivity index (χ3n) is 5.20. The number of hydrogen-bond acceptors (Lipinski definition) is 4. The second-order valence-electron chi connectivity index (χ2n) is 7.34. The van der Waals surface area contributed by atoms with Crippen molar-refractivity contribution in [1.29, 1.82) is 5.26 Å². The number of nitriles is 1. The number of halogens is 3. The van der Waals surface area contributed by atoms with Gasteiger partial charge in [0.05, 0.1) is 24.3 Å². The number of H-pyrrole nitrogens is 1. The lowest BCUT2D eigenvalue weighted by Gasteiger charge is -2.32. The zero-order valence-corrected chi connectivity index (χ0v) is 17.0. The highest BCUT2D eigenvalue weighted by molar-refractivity contribution is 7.88. The van der Waals surface area contributed by atoms with Crippen LogP contribution in [0.25, 0.3) is 10.9 Å². The zero-order chi connectivity index (χ0) is 21.8. The molecule has 1 heterocycles. The highest BCUT2D eigenvalue weighted by Crippen LogP contribution is 2.45. The molecule has 1 N–H and O–H groups in total. The summed E-state index contributed by atoms with van der Waals surface area (Å²) in [6.45, 7) is 3.85. The van der Waals surface area contributed by atoms with Crippen LogP contribution in [0.1, 0.15) is 46.6 Å². The molecule has 1 unspecified atom stereocenters. The highest BCUT2D eigenvalue weighted by atomic mass is 32.2. The molecular weight excluding hydrogens is 417 g/mol. The molecule has 0 bridgehead atoms. The van der Waals surface area contributed by atoms with Crippen molar-refractivity contribution in [3.63, 3.8) is 0 Å². The van der Waals surface area contributed by atoms with E-state index in [1.165, 1.54) is 12.1 Å². The van der Waals surface area contributed by atoms with Crippen molar-refractivity contribution in [3.05, 3.63) is 64.3 Å². The Kier molecular flexibility index (Phi) is 4.60. The van der Waals surface area contributed by atoms with E-state index in [0.717, 1.165) is 7.11 Å². The summed E-state index contributed by atoms with van der Waals surface area (Å²) in [4.78, 5) is 16.6. The van der Waals surface area contributed by atoms with E-state index < -0.39 is 22.4 Å². The number of rotatable bonds is 3. The molecule has 2 aromatic carbocycles. The minimum Gasteiger partial charge on any atom is -0.357 e. The topological polar surface area (TPSA) is 75.1 Å². The molecule has 3 aromatic rings. The van der Waals surface area contributed by atoms with Crippen molar-refractivity contribution in [2.45, 2.75) is 24.8 Å². The summed E-state index contributed by atoms with van der Waals surface area (Å²) in [6.07, 6.45) is 0. The largest absolute Gasteiger partial charge is 0.654 e. The molecule has 0 amide bonds. The fraction of sp³-hybridized carbons (Fsp3) is 0.238. The van der Waals surface area contributed by atoms with Crippen LogP contribution in [0.3, 0.4) is 0 Å². The van der Waals surface area contributed by atoms with Crippen LogP contribution in [0.15, 0.2) is 36.4 Å². The number of ketones is 1. The molecule has 30 heavy (non-hydrogen) atoms. The van der Waals surface area contributed by atoms with Crippen LogP contribution in [0.4, 0.5) is 13.2 Å². The predicted octanol–water partition coefficient (Wildman–Crippen LogP) is 4.90. The summed E-state index contributed by atoms with van der Waals surface area (Å²) in [7, 11) is 0.914. The first kappa shape index (κ1) is 20.3. The molecule has 0 saturated carbocycles. The summed E-state index contributed by atoms with van der Waals surface area (Å²) in [5.41, 5.74) is -2.09. The summed E-state index contributed by atoms with van der Waals surface area (Å²) in [6, 6.07) is 11.4. The first-order valence-corrected chi connectivity index (χ1v) is 9.95. The van der Waals surface area contributed by atoms with Crippen LogP contribution in [-0.4, -0.2) is 23.4 Å². The molecule has 0 fully saturated rings. The smallest absolute Gasteiger partial charge is 0.357 e. The average Bonchev–Trinajstić information content (AvgIpc) is 3.09. The number of aromatic nitrogens is 1. The van der Waals surface area contributed by atoms with Crippen LogP contribution in [0.2, 0.25) is 0 Å². The quantitative estimate of drug-likeness (QED) is 0.596. The number of carbonyl (C=O) groups excluding carboxylic acids is 1. The van der Waals surface area contributed by atoms with Gasteiger partial charge in [0.1, 0.15) is 0 Å². The summed E-state index contributed by atoms with van der Waals surface area (Å²) < 4.78 is 48.4. The van der Waals surface area contributed by atoms with E-state index in [2.05, 4.69) is 15.2 Å². The van der Waals surface area contributed by atoms with Crippen LogP contribution >= 0.6 is 0 Å². The Hall–Kier alpha value is -2.96. The number of fused-ring (bicyclic) bond motifs is 4. The Morgan fingerprint density at radius 3 is 2.53 bits per heavy atom. The molecule has 0 spiro atoms. The van der Waals surface area contributed by atoms with Crippen LogP contribution in [-0.2, 0) is 21.1 Å². The summed E-state index contributed by atoms with van der Waals surface area (Å²) >= 11 is -2.74. The molecule has 1 aromatic heterocycles. The molecule has 1 aliphatic carbocycles. The number of aromatic amines is 1. The lowest BCUT2D eigenvalue weighted by molar-refractivity contribution is -0.0507. The van der Waals surface area contributed by atoms with Gasteiger partial charge in [-0.05, 0) is 29.8 Å². The van der Waals surface area contributed by atoms with Crippen molar-refractivity contribution >= 4 is 28.1 Å². The van der Waals surface area contributed by atoms with E-state index in [9.17, 15) is 18.0 Å². The van der Waals surface area contributed by atoms with Crippen molar-refractivity contribution in [2.24, 2.45) is 0 Å². The van der Waals surface area contributed by atoms with Gasteiger partial charge >= 0.3 is 17.0 Å². The standard InChI is InChI=1S/C21H15F3N2O3S/c1-20(2)15-7-5-12(29-30(28-3)21(22,23)24)9-14(15)18(27)17-13-6-4-11(10-25)8-16(13)26-19(17)20/h4-9H,1-3H3/p+1. The van der Waals surface area contributed by atoms with Gasteiger partial charge in [0, 0.05) is 27.6 Å². The molecule has 0 radical (unpaired) electrons.